The highest BCUT2D eigenvalue weighted by molar-refractivity contribution is 8.11. The SMILES string of the molecule is CS(=O)CSc1nnc(-c2ccc(Cl)cc2)s1. The maximum Gasteiger partial charge on any atom is 0.175 e. The van der Waals surface area contributed by atoms with E-state index < -0.39 is 10.8 Å². The van der Waals surface area contributed by atoms with E-state index in [0.29, 0.717) is 10.1 Å². The van der Waals surface area contributed by atoms with Crippen LogP contribution in [0.25, 0.3) is 10.6 Å². The van der Waals surface area contributed by atoms with Crippen LogP contribution in [0.3, 0.4) is 0 Å². The number of hydrogen-bond acceptors (Lipinski definition) is 5. The number of nitrogens with zero attached hydrogens (tertiary/aromatic N) is 2. The van der Waals surface area contributed by atoms with E-state index in [0.717, 1.165) is 14.9 Å². The number of rotatable bonds is 4. The quantitative estimate of drug-likeness (QED) is 0.813. The lowest BCUT2D eigenvalue weighted by Gasteiger charge is -1.94. The minimum absolute atomic E-state index is 0.551. The Morgan fingerprint density at radius 1 is 1.35 bits per heavy atom. The van der Waals surface area contributed by atoms with Gasteiger partial charge in [0.05, 0.1) is 5.08 Å². The Balaban J connectivity index is 2.12. The fourth-order valence-corrected chi connectivity index (χ4v) is 3.89. The first kappa shape index (κ1) is 13.0. The van der Waals surface area contributed by atoms with Crippen LogP contribution < -0.4 is 0 Å². The van der Waals surface area contributed by atoms with Crippen molar-refractivity contribution in [1.29, 1.82) is 0 Å². The van der Waals surface area contributed by atoms with Gasteiger partial charge >= 0.3 is 0 Å². The van der Waals surface area contributed by atoms with Crippen molar-refractivity contribution in [3.63, 3.8) is 0 Å². The molecule has 0 amide bonds. The molecule has 0 saturated carbocycles. The summed E-state index contributed by atoms with van der Waals surface area (Å²) in [4.78, 5) is 0. The van der Waals surface area contributed by atoms with E-state index in [1.807, 2.05) is 24.3 Å². The summed E-state index contributed by atoms with van der Waals surface area (Å²) in [5.41, 5.74) is 0.997. The molecule has 1 unspecified atom stereocenters. The third-order valence-electron chi connectivity index (χ3n) is 1.85. The molecule has 1 aromatic heterocycles. The van der Waals surface area contributed by atoms with Crippen LogP contribution in [0.4, 0.5) is 0 Å². The second-order valence-electron chi connectivity index (χ2n) is 3.22. The van der Waals surface area contributed by atoms with E-state index in [9.17, 15) is 4.21 Å². The predicted octanol–water partition coefficient (Wildman–Crippen LogP) is 3.29. The molecule has 1 aromatic carbocycles. The van der Waals surface area contributed by atoms with Crippen LogP contribution in [-0.4, -0.2) is 25.7 Å². The molecule has 0 bridgehead atoms. The first-order valence-corrected chi connectivity index (χ1v) is 8.58. The molecule has 0 saturated heterocycles. The Kier molecular flexibility index (Phi) is 4.55. The second-order valence-corrected chi connectivity index (χ2v) is 7.65. The van der Waals surface area contributed by atoms with Gasteiger partial charge in [-0.15, -0.1) is 10.2 Å². The molecular weight excluding hydrogens is 296 g/mol. The van der Waals surface area contributed by atoms with Gasteiger partial charge in [0, 0.05) is 27.6 Å². The molecular formula is C10H9ClN2OS3. The summed E-state index contributed by atoms with van der Waals surface area (Å²) in [5.74, 6) is 0. The fraction of sp³-hybridized carbons (Fsp3) is 0.200. The van der Waals surface area contributed by atoms with Gasteiger partial charge in [-0.2, -0.15) is 0 Å². The van der Waals surface area contributed by atoms with Gasteiger partial charge in [0.2, 0.25) is 0 Å². The van der Waals surface area contributed by atoms with E-state index in [4.69, 9.17) is 11.6 Å². The van der Waals surface area contributed by atoms with E-state index in [1.54, 1.807) is 6.26 Å². The van der Waals surface area contributed by atoms with Crippen molar-refractivity contribution in [3.05, 3.63) is 29.3 Å². The standard InChI is InChI=1S/C10H9ClN2OS3/c1-17(14)6-15-10-13-12-9(16-10)7-2-4-8(11)5-3-7/h2-5H,6H2,1H3. The zero-order chi connectivity index (χ0) is 12.3. The van der Waals surface area contributed by atoms with Crippen LogP contribution in [0.5, 0.6) is 0 Å². The van der Waals surface area contributed by atoms with Crippen LogP contribution >= 0.6 is 34.7 Å². The number of thioether (sulfide) groups is 1. The second kappa shape index (κ2) is 5.95. The Bertz CT molecular complexity index is 527. The Hall–Kier alpha value is -0.430. The lowest BCUT2D eigenvalue weighted by Crippen LogP contribution is -1.87. The molecule has 1 heterocycles. The molecule has 2 rings (SSSR count). The van der Waals surface area contributed by atoms with Gasteiger partial charge in [0.15, 0.2) is 4.34 Å². The minimum Gasteiger partial charge on any atom is -0.259 e. The van der Waals surface area contributed by atoms with Gasteiger partial charge in [0.25, 0.3) is 0 Å². The summed E-state index contributed by atoms with van der Waals surface area (Å²) in [6.45, 7) is 0. The van der Waals surface area contributed by atoms with Crippen molar-refractivity contribution < 1.29 is 4.21 Å². The normalized spacial score (nSPS) is 12.6. The number of aromatic nitrogens is 2. The molecule has 0 aliphatic rings. The molecule has 0 fully saturated rings. The molecule has 1 atom stereocenters. The summed E-state index contributed by atoms with van der Waals surface area (Å²) < 4.78 is 11.8. The molecule has 0 radical (unpaired) electrons. The van der Waals surface area contributed by atoms with Crippen molar-refractivity contribution >= 4 is 45.5 Å². The van der Waals surface area contributed by atoms with Crippen molar-refractivity contribution in [2.45, 2.75) is 4.34 Å². The summed E-state index contributed by atoms with van der Waals surface area (Å²) in [5, 5.41) is 10.3. The molecule has 2 aromatic rings. The first-order chi connectivity index (χ1) is 8.15. The lowest BCUT2D eigenvalue weighted by atomic mass is 10.2. The monoisotopic (exact) mass is 304 g/mol. The van der Waals surface area contributed by atoms with Crippen molar-refractivity contribution in [2.24, 2.45) is 0 Å². The smallest absolute Gasteiger partial charge is 0.175 e. The first-order valence-electron chi connectivity index (χ1n) is 4.67. The van der Waals surface area contributed by atoms with Crippen LogP contribution in [0.15, 0.2) is 28.6 Å². The molecule has 7 heteroatoms. The fourth-order valence-electron chi connectivity index (χ4n) is 1.11. The molecule has 90 valence electrons. The molecule has 0 aliphatic heterocycles. The minimum atomic E-state index is -0.820. The van der Waals surface area contributed by atoms with Gasteiger partial charge in [0.1, 0.15) is 5.01 Å². The number of benzene rings is 1. The van der Waals surface area contributed by atoms with Crippen LogP contribution in [-0.2, 0) is 10.8 Å². The molecule has 0 N–H and O–H groups in total. The molecule has 0 aliphatic carbocycles. The van der Waals surface area contributed by atoms with Gasteiger partial charge < -0.3 is 0 Å². The van der Waals surface area contributed by atoms with Crippen LogP contribution in [0, 0.1) is 0 Å². The number of hydrogen-bond donors (Lipinski definition) is 0. The van der Waals surface area contributed by atoms with Gasteiger partial charge in [-0.25, -0.2) is 0 Å². The van der Waals surface area contributed by atoms with Crippen LogP contribution in [0.1, 0.15) is 0 Å². The van der Waals surface area contributed by atoms with Crippen LogP contribution in [0.2, 0.25) is 5.02 Å². The van der Waals surface area contributed by atoms with E-state index in [-0.39, 0.29) is 0 Å². The molecule has 17 heavy (non-hydrogen) atoms. The summed E-state index contributed by atoms with van der Waals surface area (Å²) in [6.07, 6.45) is 1.67. The predicted molar refractivity (Wildman–Crippen MR) is 75.1 cm³/mol. The van der Waals surface area contributed by atoms with Gasteiger partial charge in [-0.3, -0.25) is 4.21 Å². The van der Waals surface area contributed by atoms with Crippen molar-refractivity contribution in [3.8, 4) is 10.6 Å². The zero-order valence-electron chi connectivity index (χ0n) is 8.92. The number of halogens is 1. The van der Waals surface area contributed by atoms with E-state index >= 15 is 0 Å². The summed E-state index contributed by atoms with van der Waals surface area (Å²) in [6, 6.07) is 7.48. The third-order valence-corrected chi connectivity index (χ3v) is 5.60. The highest BCUT2D eigenvalue weighted by atomic mass is 35.5. The average molecular weight is 305 g/mol. The maximum atomic E-state index is 11.0. The van der Waals surface area contributed by atoms with Crippen molar-refractivity contribution in [1.82, 2.24) is 10.2 Å². The third kappa shape index (κ3) is 3.77. The Morgan fingerprint density at radius 2 is 2.06 bits per heavy atom. The van der Waals surface area contributed by atoms with E-state index in [2.05, 4.69) is 10.2 Å². The average Bonchev–Trinajstić information content (AvgIpc) is 2.76. The topological polar surface area (TPSA) is 42.9 Å². The molecule has 3 nitrogen and oxygen atoms in total. The van der Waals surface area contributed by atoms with Crippen molar-refractivity contribution in [2.75, 3.05) is 11.3 Å². The van der Waals surface area contributed by atoms with E-state index in [1.165, 1.54) is 23.1 Å². The largest absolute Gasteiger partial charge is 0.259 e. The summed E-state index contributed by atoms with van der Waals surface area (Å²) >= 11 is 8.78. The summed E-state index contributed by atoms with van der Waals surface area (Å²) in [7, 11) is -0.820. The zero-order valence-corrected chi connectivity index (χ0v) is 12.1. The highest BCUT2D eigenvalue weighted by Crippen LogP contribution is 2.29. The molecule has 0 spiro atoms. The lowest BCUT2D eigenvalue weighted by molar-refractivity contribution is 0.689. The Labute approximate surface area is 115 Å². The maximum absolute atomic E-state index is 11.0. The Morgan fingerprint density at radius 3 is 2.71 bits per heavy atom. The van der Waals surface area contributed by atoms with Gasteiger partial charge in [-0.05, 0) is 12.1 Å². The highest BCUT2D eigenvalue weighted by Gasteiger charge is 2.07. The van der Waals surface area contributed by atoms with Gasteiger partial charge in [-0.1, -0.05) is 46.8 Å².